The summed E-state index contributed by atoms with van der Waals surface area (Å²) in [5.41, 5.74) is 3.61. The van der Waals surface area contributed by atoms with Gasteiger partial charge in [-0.15, -0.1) is 22.0 Å². The molecule has 3 aromatic carbocycles. The van der Waals surface area contributed by atoms with Crippen LogP contribution in [0.25, 0.3) is 11.5 Å². The molecule has 0 aliphatic carbocycles. The molecule has 2 heterocycles. The van der Waals surface area contributed by atoms with Crippen molar-refractivity contribution < 1.29 is 13.6 Å². The lowest BCUT2D eigenvalue weighted by Crippen LogP contribution is -2.42. The summed E-state index contributed by atoms with van der Waals surface area (Å²) >= 11 is 1.73. The Balaban J connectivity index is 1.18. The summed E-state index contributed by atoms with van der Waals surface area (Å²) < 4.78 is 12.6. The minimum Gasteiger partial charge on any atom is -0.493 e. The van der Waals surface area contributed by atoms with Gasteiger partial charge in [-0.2, -0.15) is 0 Å². The minimum atomic E-state index is 0.312. The third kappa shape index (κ3) is 5.98. The molecule has 4 aromatic rings. The van der Waals surface area contributed by atoms with Crippen LogP contribution in [0.1, 0.15) is 23.2 Å². The van der Waals surface area contributed by atoms with Crippen LogP contribution in [0.3, 0.4) is 0 Å². The lowest BCUT2D eigenvalue weighted by molar-refractivity contribution is -0.914. The standard InChI is InChI=1S/C29H33N4O2S/c1-33(2)18-17-32(21-23-9-5-3-6-10-23)29(33)25-15-13-24(14-16-25)28-31-30-27(35-28)22-36-20-19-34-26-11-7-4-8-12-26/h3-16,29H,17-22H2,1-2H3/q+1. The molecule has 1 aliphatic heterocycles. The maximum Gasteiger partial charge on any atom is 0.247 e. The molecule has 0 radical (unpaired) electrons. The highest BCUT2D eigenvalue weighted by molar-refractivity contribution is 7.98. The van der Waals surface area contributed by atoms with E-state index in [-0.39, 0.29) is 0 Å². The molecule has 0 spiro atoms. The van der Waals surface area contributed by atoms with Gasteiger partial charge >= 0.3 is 0 Å². The van der Waals surface area contributed by atoms with Crippen LogP contribution in [0, 0.1) is 0 Å². The molecule has 1 aromatic heterocycles. The van der Waals surface area contributed by atoms with Gasteiger partial charge in [-0.3, -0.25) is 0 Å². The molecule has 0 saturated carbocycles. The van der Waals surface area contributed by atoms with Crippen molar-refractivity contribution in [2.24, 2.45) is 0 Å². The Morgan fingerprint density at radius 2 is 1.67 bits per heavy atom. The summed E-state index contributed by atoms with van der Waals surface area (Å²) in [4.78, 5) is 2.58. The zero-order valence-electron chi connectivity index (χ0n) is 20.9. The Bertz CT molecular complexity index is 1230. The van der Waals surface area contributed by atoms with E-state index in [2.05, 4.69) is 83.8 Å². The van der Waals surface area contributed by atoms with Crippen LogP contribution >= 0.6 is 11.8 Å². The molecule has 186 valence electrons. The van der Waals surface area contributed by atoms with Gasteiger partial charge < -0.3 is 13.6 Å². The second-order valence-electron chi connectivity index (χ2n) is 9.67. The Kier molecular flexibility index (Phi) is 7.70. The van der Waals surface area contributed by atoms with Crippen LogP contribution in [-0.4, -0.2) is 59.1 Å². The van der Waals surface area contributed by atoms with Crippen LogP contribution in [0.2, 0.25) is 0 Å². The van der Waals surface area contributed by atoms with Crippen LogP contribution in [0.4, 0.5) is 0 Å². The fraction of sp³-hybridized carbons (Fsp3) is 0.310. The highest BCUT2D eigenvalue weighted by Crippen LogP contribution is 2.36. The summed E-state index contributed by atoms with van der Waals surface area (Å²) in [7, 11) is 4.63. The van der Waals surface area contributed by atoms with Gasteiger partial charge in [0.05, 0.1) is 39.5 Å². The van der Waals surface area contributed by atoms with Gasteiger partial charge in [0, 0.05) is 23.4 Å². The van der Waals surface area contributed by atoms with Crippen molar-refractivity contribution in [1.82, 2.24) is 15.1 Å². The zero-order chi connectivity index (χ0) is 24.8. The Hall–Kier alpha value is -3.13. The number of ether oxygens (including phenoxy) is 1. The molecule has 5 rings (SSSR count). The van der Waals surface area contributed by atoms with Gasteiger partial charge in [-0.1, -0.05) is 60.7 Å². The first-order valence-electron chi connectivity index (χ1n) is 12.4. The summed E-state index contributed by atoms with van der Waals surface area (Å²) in [6.45, 7) is 3.81. The molecule has 1 saturated heterocycles. The number of rotatable bonds is 10. The van der Waals surface area contributed by atoms with Gasteiger partial charge in [0.25, 0.3) is 0 Å². The smallest absolute Gasteiger partial charge is 0.247 e. The molecule has 0 N–H and O–H groups in total. The van der Waals surface area contributed by atoms with E-state index in [4.69, 9.17) is 9.15 Å². The van der Waals surface area contributed by atoms with E-state index in [1.54, 1.807) is 11.8 Å². The van der Waals surface area contributed by atoms with E-state index >= 15 is 0 Å². The summed E-state index contributed by atoms with van der Waals surface area (Å²) in [6, 6.07) is 29.2. The molecule has 1 fully saturated rings. The monoisotopic (exact) mass is 501 g/mol. The summed E-state index contributed by atoms with van der Waals surface area (Å²) in [6.07, 6.45) is 0.312. The fourth-order valence-corrected chi connectivity index (χ4v) is 5.43. The quantitative estimate of drug-likeness (QED) is 0.207. The summed E-state index contributed by atoms with van der Waals surface area (Å²) in [5, 5.41) is 8.52. The molecule has 6 nitrogen and oxygen atoms in total. The molecule has 0 bridgehead atoms. The maximum absolute atomic E-state index is 5.94. The molecule has 0 amide bonds. The first kappa shape index (κ1) is 24.6. The SMILES string of the molecule is C[N+]1(C)CCN(Cc2ccccc2)C1c1ccc(-c2nnc(CSCCOc3ccccc3)o2)cc1. The van der Waals surface area contributed by atoms with Crippen LogP contribution in [0.15, 0.2) is 89.3 Å². The third-order valence-electron chi connectivity index (χ3n) is 6.59. The van der Waals surface area contributed by atoms with Crippen molar-refractivity contribution in [3.05, 3.63) is 102 Å². The van der Waals surface area contributed by atoms with E-state index in [9.17, 15) is 0 Å². The Labute approximate surface area is 217 Å². The number of para-hydroxylation sites is 1. The van der Waals surface area contributed by atoms with Gasteiger partial charge in [-0.25, -0.2) is 4.90 Å². The van der Waals surface area contributed by atoms with Crippen molar-refractivity contribution >= 4 is 11.8 Å². The van der Waals surface area contributed by atoms with Crippen LogP contribution < -0.4 is 4.74 Å². The number of nitrogens with zero attached hydrogens (tertiary/aromatic N) is 4. The minimum absolute atomic E-state index is 0.312. The Morgan fingerprint density at radius 3 is 2.42 bits per heavy atom. The second-order valence-corrected chi connectivity index (χ2v) is 10.8. The average Bonchev–Trinajstić information content (AvgIpc) is 3.49. The third-order valence-corrected chi connectivity index (χ3v) is 7.49. The van der Waals surface area contributed by atoms with Crippen molar-refractivity contribution in [2.45, 2.75) is 18.5 Å². The van der Waals surface area contributed by atoms with E-state index in [0.717, 1.165) is 41.2 Å². The number of hydrogen-bond acceptors (Lipinski definition) is 6. The van der Waals surface area contributed by atoms with Crippen molar-refractivity contribution in [2.75, 3.05) is 39.5 Å². The lowest BCUT2D eigenvalue weighted by Gasteiger charge is -2.35. The largest absolute Gasteiger partial charge is 0.493 e. The number of benzene rings is 3. The van der Waals surface area contributed by atoms with E-state index < -0.39 is 0 Å². The molecule has 1 atom stereocenters. The van der Waals surface area contributed by atoms with Crippen LogP contribution in [-0.2, 0) is 12.3 Å². The molecular weight excluding hydrogens is 468 g/mol. The van der Waals surface area contributed by atoms with Gasteiger partial charge in [-0.05, 0) is 29.8 Å². The number of aromatic nitrogens is 2. The van der Waals surface area contributed by atoms with Gasteiger partial charge in [0.15, 0.2) is 6.17 Å². The van der Waals surface area contributed by atoms with Gasteiger partial charge in [0.1, 0.15) is 5.75 Å². The fourth-order valence-electron chi connectivity index (χ4n) is 4.79. The number of thioether (sulfide) groups is 1. The lowest BCUT2D eigenvalue weighted by atomic mass is 10.1. The number of quaternary nitrogens is 1. The normalized spacial score (nSPS) is 17.3. The predicted octanol–water partition coefficient (Wildman–Crippen LogP) is 5.64. The van der Waals surface area contributed by atoms with E-state index in [0.29, 0.717) is 30.3 Å². The highest BCUT2D eigenvalue weighted by Gasteiger charge is 2.41. The van der Waals surface area contributed by atoms with Crippen molar-refractivity contribution in [3.63, 3.8) is 0 Å². The van der Waals surface area contributed by atoms with Gasteiger partial charge in [0.2, 0.25) is 11.8 Å². The molecular formula is C29H33N4O2S+. The molecule has 7 heteroatoms. The number of hydrogen-bond donors (Lipinski definition) is 0. The predicted molar refractivity (Wildman–Crippen MR) is 144 cm³/mol. The van der Waals surface area contributed by atoms with E-state index in [1.807, 2.05) is 30.3 Å². The van der Waals surface area contributed by atoms with E-state index in [1.165, 1.54) is 11.1 Å². The molecule has 36 heavy (non-hydrogen) atoms. The van der Waals surface area contributed by atoms with Crippen molar-refractivity contribution in [3.8, 4) is 17.2 Å². The summed E-state index contributed by atoms with van der Waals surface area (Å²) in [5.74, 6) is 3.63. The number of likely N-dealkylation sites (N-methyl/N-ethyl adjacent to an activating group) is 1. The zero-order valence-corrected chi connectivity index (χ0v) is 21.7. The molecule has 1 aliphatic rings. The highest BCUT2D eigenvalue weighted by atomic mass is 32.2. The topological polar surface area (TPSA) is 51.4 Å². The first-order chi connectivity index (χ1) is 17.6. The second kappa shape index (κ2) is 11.3. The maximum atomic E-state index is 5.94. The van der Waals surface area contributed by atoms with Crippen LogP contribution in [0.5, 0.6) is 5.75 Å². The average molecular weight is 502 g/mol. The van der Waals surface area contributed by atoms with Crippen molar-refractivity contribution in [1.29, 1.82) is 0 Å². The Morgan fingerprint density at radius 1 is 0.944 bits per heavy atom. The molecule has 1 unspecified atom stereocenters. The first-order valence-corrected chi connectivity index (χ1v) is 13.5.